The fourth-order valence-corrected chi connectivity index (χ4v) is 4.74. The molecule has 0 saturated heterocycles. The van der Waals surface area contributed by atoms with Gasteiger partial charge >= 0.3 is 11.9 Å². The van der Waals surface area contributed by atoms with Crippen molar-refractivity contribution in [3.63, 3.8) is 0 Å². The first-order valence-corrected chi connectivity index (χ1v) is 11.9. The predicted molar refractivity (Wildman–Crippen MR) is 129 cm³/mol. The zero-order chi connectivity index (χ0) is 26.7. The molecule has 0 radical (unpaired) electrons. The summed E-state index contributed by atoms with van der Waals surface area (Å²) in [5.41, 5.74) is 1.91. The second kappa shape index (κ2) is 8.79. The van der Waals surface area contributed by atoms with Crippen molar-refractivity contribution in [2.75, 3.05) is 6.54 Å². The standard InChI is InChI=1S/C25H27F4N7O/c1-24(2,3)14-36-18-9-8-17(30-21(18)33(4)23(36)37)16-7-5-6-15(20(16)26)12-34-10-11-35-19(13-34)31-32-22(35)25(27,28)29/h5-9H,10-14H2,1-4H3. The van der Waals surface area contributed by atoms with Crippen LogP contribution in [0.5, 0.6) is 0 Å². The lowest BCUT2D eigenvalue weighted by molar-refractivity contribution is -0.148. The van der Waals surface area contributed by atoms with Crippen molar-refractivity contribution in [3.8, 4) is 11.3 Å². The number of benzene rings is 1. The molecule has 12 heteroatoms. The monoisotopic (exact) mass is 517 g/mol. The summed E-state index contributed by atoms with van der Waals surface area (Å²) in [7, 11) is 1.65. The van der Waals surface area contributed by atoms with Gasteiger partial charge in [-0.25, -0.2) is 14.2 Å². The summed E-state index contributed by atoms with van der Waals surface area (Å²) in [6.45, 7) is 7.33. The van der Waals surface area contributed by atoms with Gasteiger partial charge in [0.05, 0.1) is 17.8 Å². The minimum absolute atomic E-state index is 0.0658. The van der Waals surface area contributed by atoms with E-state index in [-0.39, 0.29) is 42.1 Å². The molecule has 0 unspecified atom stereocenters. The maximum atomic E-state index is 15.7. The Bertz CT molecular complexity index is 1540. The van der Waals surface area contributed by atoms with Crippen molar-refractivity contribution in [1.82, 2.24) is 33.8 Å². The van der Waals surface area contributed by atoms with Crippen molar-refractivity contribution in [1.29, 1.82) is 0 Å². The topological polar surface area (TPSA) is 73.8 Å². The van der Waals surface area contributed by atoms with Gasteiger partial charge in [0.1, 0.15) is 11.6 Å². The van der Waals surface area contributed by atoms with Crippen LogP contribution in [0.1, 0.15) is 38.0 Å². The molecule has 8 nitrogen and oxygen atoms in total. The number of aryl methyl sites for hydroxylation is 1. The lowest BCUT2D eigenvalue weighted by Crippen LogP contribution is -2.35. The summed E-state index contributed by atoms with van der Waals surface area (Å²) in [6.07, 6.45) is -4.57. The normalized spacial score (nSPS) is 14.9. The predicted octanol–water partition coefficient (Wildman–Crippen LogP) is 4.21. The first kappa shape index (κ1) is 25.1. The third-order valence-electron chi connectivity index (χ3n) is 6.45. The molecular formula is C25H27F4N7O. The molecule has 37 heavy (non-hydrogen) atoms. The molecule has 0 N–H and O–H groups in total. The zero-order valence-electron chi connectivity index (χ0n) is 21.0. The van der Waals surface area contributed by atoms with Crippen LogP contribution in [0, 0.1) is 11.2 Å². The van der Waals surface area contributed by atoms with Crippen LogP contribution >= 0.6 is 0 Å². The maximum Gasteiger partial charge on any atom is 0.451 e. The van der Waals surface area contributed by atoms with Crippen molar-refractivity contribution < 1.29 is 17.6 Å². The van der Waals surface area contributed by atoms with Gasteiger partial charge in [0.25, 0.3) is 0 Å². The molecule has 0 atom stereocenters. The van der Waals surface area contributed by atoms with Crippen molar-refractivity contribution in [2.24, 2.45) is 12.5 Å². The molecule has 3 aromatic heterocycles. The van der Waals surface area contributed by atoms with Gasteiger partial charge in [-0.2, -0.15) is 13.2 Å². The Morgan fingerprint density at radius 2 is 1.78 bits per heavy atom. The number of imidazole rings is 1. The van der Waals surface area contributed by atoms with Crippen LogP contribution in [0.25, 0.3) is 22.4 Å². The first-order chi connectivity index (χ1) is 17.3. The van der Waals surface area contributed by atoms with Crippen molar-refractivity contribution in [3.05, 3.63) is 63.8 Å². The quantitative estimate of drug-likeness (QED) is 0.379. The van der Waals surface area contributed by atoms with Crippen LogP contribution < -0.4 is 5.69 Å². The molecule has 1 aliphatic heterocycles. The van der Waals surface area contributed by atoms with E-state index in [1.807, 2.05) is 25.7 Å². The number of rotatable bonds is 4. The Hall–Kier alpha value is -3.54. The van der Waals surface area contributed by atoms with Crippen LogP contribution in [0.2, 0.25) is 0 Å². The molecule has 0 spiro atoms. The minimum atomic E-state index is -4.57. The SMILES string of the molecule is Cn1c(=O)n(CC(C)(C)C)c2ccc(-c3cccc(CN4CCn5c(nnc5C(F)(F)F)C4)c3F)nc21. The lowest BCUT2D eigenvalue weighted by atomic mass is 9.97. The summed E-state index contributed by atoms with van der Waals surface area (Å²) in [5.74, 6) is -1.28. The van der Waals surface area contributed by atoms with Gasteiger partial charge in [0, 0.05) is 44.4 Å². The average Bonchev–Trinajstić information content (AvgIpc) is 3.34. The summed E-state index contributed by atoms with van der Waals surface area (Å²) in [6, 6.07) is 8.47. The van der Waals surface area contributed by atoms with E-state index in [0.717, 1.165) is 4.57 Å². The van der Waals surface area contributed by atoms with Gasteiger partial charge in [0.2, 0.25) is 5.82 Å². The molecule has 0 fully saturated rings. The van der Waals surface area contributed by atoms with Gasteiger partial charge in [-0.15, -0.1) is 10.2 Å². The van der Waals surface area contributed by atoms with E-state index in [1.165, 1.54) is 4.57 Å². The van der Waals surface area contributed by atoms with Crippen LogP contribution in [0.3, 0.4) is 0 Å². The Balaban J connectivity index is 1.43. The van der Waals surface area contributed by atoms with E-state index in [4.69, 9.17) is 0 Å². The van der Waals surface area contributed by atoms with Crippen LogP contribution in [-0.2, 0) is 39.4 Å². The largest absolute Gasteiger partial charge is 0.451 e. The first-order valence-electron chi connectivity index (χ1n) is 11.9. The van der Waals surface area contributed by atoms with E-state index < -0.39 is 17.8 Å². The molecule has 5 rings (SSSR count). The van der Waals surface area contributed by atoms with E-state index in [1.54, 1.807) is 41.9 Å². The fraction of sp³-hybridized carbons (Fsp3) is 0.440. The summed E-state index contributed by atoms with van der Waals surface area (Å²) in [5, 5.41) is 6.98. The van der Waals surface area contributed by atoms with Crippen LogP contribution in [0.4, 0.5) is 17.6 Å². The maximum absolute atomic E-state index is 15.7. The highest BCUT2D eigenvalue weighted by Gasteiger charge is 2.39. The number of fused-ring (bicyclic) bond motifs is 2. The Morgan fingerprint density at radius 1 is 1.03 bits per heavy atom. The lowest BCUT2D eigenvalue weighted by Gasteiger charge is -2.28. The molecular weight excluding hydrogens is 490 g/mol. The van der Waals surface area contributed by atoms with Crippen LogP contribution in [-0.4, -0.2) is 40.3 Å². The highest BCUT2D eigenvalue weighted by molar-refractivity contribution is 5.76. The third-order valence-corrected chi connectivity index (χ3v) is 6.45. The zero-order valence-corrected chi connectivity index (χ0v) is 21.0. The molecule has 0 bridgehead atoms. The molecule has 4 aromatic rings. The number of aromatic nitrogens is 6. The number of pyridine rings is 1. The number of hydrogen-bond acceptors (Lipinski definition) is 5. The van der Waals surface area contributed by atoms with Gasteiger partial charge in [-0.05, 0) is 23.6 Å². The molecule has 0 saturated carbocycles. The number of nitrogens with zero attached hydrogens (tertiary/aromatic N) is 7. The molecule has 1 aromatic carbocycles. The van der Waals surface area contributed by atoms with Crippen LogP contribution in [0.15, 0.2) is 35.1 Å². The Kier molecular flexibility index (Phi) is 5.97. The average molecular weight is 518 g/mol. The highest BCUT2D eigenvalue weighted by Crippen LogP contribution is 2.31. The van der Waals surface area contributed by atoms with Gasteiger partial charge in [0.15, 0.2) is 5.65 Å². The highest BCUT2D eigenvalue weighted by atomic mass is 19.4. The molecule has 4 heterocycles. The van der Waals surface area contributed by atoms with E-state index >= 15 is 4.39 Å². The number of halogens is 4. The Labute approximate surface area is 210 Å². The van der Waals surface area contributed by atoms with E-state index in [9.17, 15) is 18.0 Å². The molecule has 1 aliphatic rings. The van der Waals surface area contributed by atoms with Gasteiger partial charge in [-0.3, -0.25) is 14.0 Å². The van der Waals surface area contributed by atoms with Crippen molar-refractivity contribution in [2.45, 2.75) is 53.1 Å². The van der Waals surface area contributed by atoms with E-state index in [0.29, 0.717) is 35.5 Å². The summed E-state index contributed by atoms with van der Waals surface area (Å²) in [4.78, 5) is 19.3. The molecule has 196 valence electrons. The minimum Gasteiger partial charge on any atom is -0.305 e. The van der Waals surface area contributed by atoms with E-state index in [2.05, 4.69) is 15.2 Å². The summed E-state index contributed by atoms with van der Waals surface area (Å²) >= 11 is 0. The second-order valence-electron chi connectivity index (χ2n) is 10.6. The fourth-order valence-electron chi connectivity index (χ4n) is 4.74. The summed E-state index contributed by atoms with van der Waals surface area (Å²) < 4.78 is 59.2. The molecule has 0 aliphatic carbocycles. The number of alkyl halides is 3. The Morgan fingerprint density at radius 3 is 2.49 bits per heavy atom. The number of hydrogen-bond donors (Lipinski definition) is 0. The van der Waals surface area contributed by atoms with Gasteiger partial charge < -0.3 is 4.57 Å². The second-order valence-corrected chi connectivity index (χ2v) is 10.6. The van der Waals surface area contributed by atoms with Gasteiger partial charge in [-0.1, -0.05) is 32.9 Å². The smallest absolute Gasteiger partial charge is 0.305 e. The van der Waals surface area contributed by atoms with Crippen molar-refractivity contribution >= 4 is 11.2 Å². The molecule has 0 amide bonds. The third kappa shape index (κ3) is 4.65.